The second kappa shape index (κ2) is 4.70. The van der Waals surface area contributed by atoms with Gasteiger partial charge in [-0.05, 0) is 24.1 Å². The van der Waals surface area contributed by atoms with Gasteiger partial charge in [0.15, 0.2) is 0 Å². The lowest BCUT2D eigenvalue weighted by Gasteiger charge is -2.15. The highest BCUT2D eigenvalue weighted by atomic mass is 15.3. The van der Waals surface area contributed by atoms with Crippen LogP contribution in [0.1, 0.15) is 6.42 Å². The van der Waals surface area contributed by atoms with Crippen molar-refractivity contribution in [3.63, 3.8) is 0 Å². The maximum atomic E-state index is 5.88. The Kier molecular flexibility index (Phi) is 2.90. The Morgan fingerprint density at radius 1 is 1.11 bits per heavy atom. The number of anilines is 1. The van der Waals surface area contributed by atoms with Gasteiger partial charge in [0, 0.05) is 49.5 Å². The Morgan fingerprint density at radius 3 is 2.44 bits per heavy atom. The summed E-state index contributed by atoms with van der Waals surface area (Å²) in [5.74, 6) is 0.765. The number of pyridine rings is 1. The average Bonchev–Trinajstić information content (AvgIpc) is 2.87. The van der Waals surface area contributed by atoms with Crippen LogP contribution in [0.4, 0.5) is 5.95 Å². The fourth-order valence-electron chi connectivity index (χ4n) is 2.15. The normalized spacial score (nSPS) is 19.2. The molecule has 1 atom stereocenters. The zero-order valence-corrected chi connectivity index (χ0v) is 10.0. The zero-order chi connectivity index (χ0) is 12.4. The maximum absolute atomic E-state index is 5.88. The molecule has 3 rings (SSSR count). The van der Waals surface area contributed by atoms with Gasteiger partial charge in [-0.3, -0.25) is 4.98 Å². The Hall–Kier alpha value is -2.01. The second-order valence-corrected chi connectivity index (χ2v) is 4.50. The van der Waals surface area contributed by atoms with Crippen LogP contribution in [0.15, 0.2) is 36.9 Å². The van der Waals surface area contributed by atoms with E-state index in [1.165, 1.54) is 0 Å². The van der Waals surface area contributed by atoms with Crippen molar-refractivity contribution < 1.29 is 0 Å². The van der Waals surface area contributed by atoms with Crippen LogP contribution >= 0.6 is 0 Å². The molecule has 1 saturated heterocycles. The van der Waals surface area contributed by atoms with Crippen molar-refractivity contribution in [2.45, 2.75) is 12.5 Å². The molecule has 0 saturated carbocycles. The van der Waals surface area contributed by atoms with Crippen molar-refractivity contribution in [3.8, 4) is 11.1 Å². The molecule has 0 aromatic carbocycles. The molecular weight excluding hydrogens is 226 g/mol. The molecule has 0 bridgehead atoms. The molecular formula is C13H15N5. The van der Waals surface area contributed by atoms with Crippen LogP contribution in [0.25, 0.3) is 11.1 Å². The largest absolute Gasteiger partial charge is 0.339 e. The van der Waals surface area contributed by atoms with Gasteiger partial charge in [-0.25, -0.2) is 9.97 Å². The Balaban J connectivity index is 1.81. The quantitative estimate of drug-likeness (QED) is 0.852. The van der Waals surface area contributed by atoms with Gasteiger partial charge >= 0.3 is 0 Å². The van der Waals surface area contributed by atoms with Crippen LogP contribution in [-0.2, 0) is 0 Å². The summed E-state index contributed by atoms with van der Waals surface area (Å²) in [6.45, 7) is 1.78. The molecule has 5 heteroatoms. The lowest BCUT2D eigenvalue weighted by Crippen LogP contribution is -2.27. The SMILES string of the molecule is NC1CCN(c2ncc(-c3ccncc3)cn2)C1. The predicted octanol–water partition coefficient (Wildman–Crippen LogP) is 1.08. The number of nitrogens with two attached hydrogens (primary N) is 1. The molecule has 1 unspecified atom stereocenters. The van der Waals surface area contributed by atoms with Crippen LogP contribution in [0.5, 0.6) is 0 Å². The predicted molar refractivity (Wildman–Crippen MR) is 70.1 cm³/mol. The maximum Gasteiger partial charge on any atom is 0.225 e. The highest BCUT2D eigenvalue weighted by Gasteiger charge is 2.20. The van der Waals surface area contributed by atoms with Crippen LogP contribution < -0.4 is 10.6 Å². The zero-order valence-electron chi connectivity index (χ0n) is 10.0. The van der Waals surface area contributed by atoms with E-state index in [4.69, 9.17) is 5.73 Å². The molecule has 1 fully saturated rings. The van der Waals surface area contributed by atoms with Gasteiger partial charge in [-0.1, -0.05) is 0 Å². The van der Waals surface area contributed by atoms with Crippen LogP contribution in [0.2, 0.25) is 0 Å². The van der Waals surface area contributed by atoms with Gasteiger partial charge in [-0.15, -0.1) is 0 Å². The van der Waals surface area contributed by atoms with E-state index in [2.05, 4.69) is 19.9 Å². The summed E-state index contributed by atoms with van der Waals surface area (Å²) in [6, 6.07) is 4.14. The molecule has 2 aromatic rings. The van der Waals surface area contributed by atoms with Gasteiger partial charge in [0.05, 0.1) is 0 Å². The van der Waals surface area contributed by atoms with Gasteiger partial charge in [0.2, 0.25) is 5.95 Å². The van der Waals surface area contributed by atoms with E-state index in [0.29, 0.717) is 0 Å². The lowest BCUT2D eigenvalue weighted by atomic mass is 10.1. The number of hydrogen-bond acceptors (Lipinski definition) is 5. The Labute approximate surface area is 106 Å². The van der Waals surface area contributed by atoms with Crippen molar-refractivity contribution in [2.75, 3.05) is 18.0 Å². The number of nitrogens with zero attached hydrogens (tertiary/aromatic N) is 4. The van der Waals surface area contributed by atoms with Crippen LogP contribution in [0, 0.1) is 0 Å². The molecule has 5 nitrogen and oxygen atoms in total. The smallest absolute Gasteiger partial charge is 0.225 e. The minimum atomic E-state index is 0.244. The molecule has 92 valence electrons. The van der Waals surface area contributed by atoms with E-state index in [-0.39, 0.29) is 6.04 Å². The summed E-state index contributed by atoms with van der Waals surface area (Å²) >= 11 is 0. The molecule has 18 heavy (non-hydrogen) atoms. The molecule has 2 aromatic heterocycles. The molecule has 1 aliphatic heterocycles. The molecule has 1 aliphatic rings. The number of aromatic nitrogens is 3. The highest BCUT2D eigenvalue weighted by Crippen LogP contribution is 2.19. The molecule has 0 amide bonds. The molecule has 0 radical (unpaired) electrons. The van der Waals surface area contributed by atoms with Crippen molar-refractivity contribution in [2.24, 2.45) is 5.73 Å². The number of hydrogen-bond donors (Lipinski definition) is 1. The third-order valence-corrected chi connectivity index (χ3v) is 3.16. The molecule has 2 N–H and O–H groups in total. The first kappa shape index (κ1) is 11.1. The second-order valence-electron chi connectivity index (χ2n) is 4.50. The van der Waals surface area contributed by atoms with E-state index in [0.717, 1.165) is 36.6 Å². The molecule has 0 spiro atoms. The third kappa shape index (κ3) is 2.17. The van der Waals surface area contributed by atoms with Gasteiger partial charge in [0.25, 0.3) is 0 Å². The first-order chi connectivity index (χ1) is 8.83. The Morgan fingerprint density at radius 2 is 1.83 bits per heavy atom. The first-order valence-corrected chi connectivity index (χ1v) is 6.06. The average molecular weight is 241 g/mol. The monoisotopic (exact) mass is 241 g/mol. The molecule has 0 aliphatic carbocycles. The third-order valence-electron chi connectivity index (χ3n) is 3.16. The summed E-state index contributed by atoms with van der Waals surface area (Å²) < 4.78 is 0. The van der Waals surface area contributed by atoms with E-state index >= 15 is 0 Å². The van der Waals surface area contributed by atoms with Gasteiger partial charge in [0.1, 0.15) is 0 Å². The molecule has 3 heterocycles. The van der Waals surface area contributed by atoms with E-state index in [9.17, 15) is 0 Å². The summed E-state index contributed by atoms with van der Waals surface area (Å²) in [7, 11) is 0. The van der Waals surface area contributed by atoms with E-state index < -0.39 is 0 Å². The summed E-state index contributed by atoms with van der Waals surface area (Å²) in [4.78, 5) is 14.9. The minimum absolute atomic E-state index is 0.244. The summed E-state index contributed by atoms with van der Waals surface area (Å²) in [5.41, 5.74) is 7.96. The lowest BCUT2D eigenvalue weighted by molar-refractivity contribution is 0.750. The van der Waals surface area contributed by atoms with Crippen LogP contribution in [0.3, 0.4) is 0 Å². The van der Waals surface area contributed by atoms with Crippen molar-refractivity contribution in [3.05, 3.63) is 36.9 Å². The van der Waals surface area contributed by atoms with Gasteiger partial charge < -0.3 is 10.6 Å². The summed E-state index contributed by atoms with van der Waals surface area (Å²) in [5, 5.41) is 0. The van der Waals surface area contributed by atoms with Crippen LogP contribution in [-0.4, -0.2) is 34.1 Å². The Bertz CT molecular complexity index is 511. The van der Waals surface area contributed by atoms with E-state index in [1.807, 2.05) is 24.5 Å². The number of rotatable bonds is 2. The fourth-order valence-corrected chi connectivity index (χ4v) is 2.15. The standard InChI is InChI=1S/C13H15N5/c14-12-3-6-18(9-12)13-16-7-11(8-17-13)10-1-4-15-5-2-10/h1-2,4-5,7-8,12H,3,6,9,14H2. The highest BCUT2D eigenvalue weighted by molar-refractivity contribution is 5.61. The topological polar surface area (TPSA) is 67.9 Å². The van der Waals surface area contributed by atoms with Crippen molar-refractivity contribution in [1.82, 2.24) is 15.0 Å². The summed E-state index contributed by atoms with van der Waals surface area (Å²) in [6.07, 6.45) is 8.24. The van der Waals surface area contributed by atoms with Crippen molar-refractivity contribution in [1.29, 1.82) is 0 Å². The fraction of sp³-hybridized carbons (Fsp3) is 0.308. The van der Waals surface area contributed by atoms with Gasteiger partial charge in [-0.2, -0.15) is 0 Å². The minimum Gasteiger partial charge on any atom is -0.339 e. The first-order valence-electron chi connectivity index (χ1n) is 6.06. The van der Waals surface area contributed by atoms with Crippen molar-refractivity contribution >= 4 is 5.95 Å². The van der Waals surface area contributed by atoms with E-state index in [1.54, 1.807) is 12.4 Å².